The number of hydrogen-bond donors (Lipinski definition) is 1. The van der Waals surface area contributed by atoms with Gasteiger partial charge in [-0.3, -0.25) is 0 Å². The Hall–Kier alpha value is -1.52. The standard InChI is InChI=1S/C14H17NO2S/c1-16-11-8-14(18-9-11)12(15)7-10-5-3-4-6-13(10)17-2/h3-6,8-9,12H,7,15H2,1-2H3. The van der Waals surface area contributed by atoms with Crippen molar-refractivity contribution in [3.8, 4) is 11.5 Å². The molecule has 0 saturated heterocycles. The summed E-state index contributed by atoms with van der Waals surface area (Å²) < 4.78 is 10.5. The predicted molar refractivity (Wildman–Crippen MR) is 74.5 cm³/mol. The maximum Gasteiger partial charge on any atom is 0.129 e. The quantitative estimate of drug-likeness (QED) is 0.902. The van der Waals surface area contributed by atoms with Gasteiger partial charge >= 0.3 is 0 Å². The summed E-state index contributed by atoms with van der Waals surface area (Å²) in [6.07, 6.45) is 0.758. The van der Waals surface area contributed by atoms with Crippen LogP contribution < -0.4 is 15.2 Å². The van der Waals surface area contributed by atoms with Gasteiger partial charge in [-0.2, -0.15) is 0 Å². The van der Waals surface area contributed by atoms with Crippen molar-refractivity contribution in [2.75, 3.05) is 14.2 Å². The molecule has 0 aliphatic carbocycles. The highest BCUT2D eigenvalue weighted by Gasteiger charge is 2.12. The van der Waals surface area contributed by atoms with Crippen LogP contribution in [0.3, 0.4) is 0 Å². The Kier molecular flexibility index (Phi) is 4.23. The molecule has 18 heavy (non-hydrogen) atoms. The van der Waals surface area contributed by atoms with E-state index in [1.165, 1.54) is 0 Å². The number of nitrogens with two attached hydrogens (primary N) is 1. The van der Waals surface area contributed by atoms with Crippen LogP contribution in [0.4, 0.5) is 0 Å². The Morgan fingerprint density at radius 2 is 2.00 bits per heavy atom. The third-order valence-corrected chi connectivity index (χ3v) is 3.87. The first kappa shape index (κ1) is 12.9. The van der Waals surface area contributed by atoms with E-state index in [9.17, 15) is 0 Å². The van der Waals surface area contributed by atoms with E-state index in [0.29, 0.717) is 0 Å². The minimum atomic E-state index is -0.0322. The number of rotatable bonds is 5. The van der Waals surface area contributed by atoms with E-state index < -0.39 is 0 Å². The Morgan fingerprint density at radius 3 is 2.67 bits per heavy atom. The molecule has 2 aromatic rings. The van der Waals surface area contributed by atoms with Crippen LogP contribution in [0.1, 0.15) is 16.5 Å². The molecule has 0 spiro atoms. The lowest BCUT2D eigenvalue weighted by atomic mass is 10.0. The van der Waals surface area contributed by atoms with Crippen LogP contribution in [0.5, 0.6) is 11.5 Å². The van der Waals surface area contributed by atoms with E-state index in [4.69, 9.17) is 15.2 Å². The lowest BCUT2D eigenvalue weighted by Crippen LogP contribution is -2.12. The summed E-state index contributed by atoms with van der Waals surface area (Å²) in [5.74, 6) is 1.75. The summed E-state index contributed by atoms with van der Waals surface area (Å²) in [4.78, 5) is 1.12. The lowest BCUT2D eigenvalue weighted by molar-refractivity contribution is 0.408. The Balaban J connectivity index is 2.13. The summed E-state index contributed by atoms with van der Waals surface area (Å²) in [6, 6.07) is 9.92. The van der Waals surface area contributed by atoms with Crippen LogP contribution in [0.2, 0.25) is 0 Å². The monoisotopic (exact) mass is 263 g/mol. The Morgan fingerprint density at radius 1 is 1.22 bits per heavy atom. The molecule has 1 aromatic heterocycles. The fourth-order valence-electron chi connectivity index (χ4n) is 1.84. The maximum atomic E-state index is 6.22. The van der Waals surface area contributed by atoms with Gasteiger partial charge < -0.3 is 15.2 Å². The minimum absolute atomic E-state index is 0.0322. The molecule has 0 radical (unpaired) electrons. The number of ether oxygens (including phenoxy) is 2. The molecule has 2 rings (SSSR count). The smallest absolute Gasteiger partial charge is 0.129 e. The number of para-hydroxylation sites is 1. The van der Waals surface area contributed by atoms with Gasteiger partial charge in [0.05, 0.1) is 14.2 Å². The lowest BCUT2D eigenvalue weighted by Gasteiger charge is -2.12. The number of benzene rings is 1. The third-order valence-electron chi connectivity index (χ3n) is 2.83. The number of hydrogen-bond acceptors (Lipinski definition) is 4. The molecule has 0 bridgehead atoms. The van der Waals surface area contributed by atoms with Crippen molar-refractivity contribution in [2.24, 2.45) is 5.73 Å². The average Bonchev–Trinajstić information content (AvgIpc) is 2.88. The van der Waals surface area contributed by atoms with Crippen molar-refractivity contribution in [3.05, 3.63) is 46.2 Å². The second-order valence-electron chi connectivity index (χ2n) is 4.01. The number of methoxy groups -OCH3 is 2. The van der Waals surface area contributed by atoms with E-state index >= 15 is 0 Å². The second kappa shape index (κ2) is 5.89. The average molecular weight is 263 g/mol. The zero-order valence-corrected chi connectivity index (χ0v) is 11.4. The van der Waals surface area contributed by atoms with Crippen molar-refractivity contribution >= 4 is 11.3 Å². The molecule has 0 amide bonds. The van der Waals surface area contributed by atoms with Gasteiger partial charge in [0.15, 0.2) is 0 Å². The van der Waals surface area contributed by atoms with Crippen molar-refractivity contribution in [1.29, 1.82) is 0 Å². The maximum absolute atomic E-state index is 6.22. The van der Waals surface area contributed by atoms with Gasteiger partial charge in [0.2, 0.25) is 0 Å². The molecule has 1 aromatic carbocycles. The molecular weight excluding hydrogens is 246 g/mol. The van der Waals surface area contributed by atoms with Crippen LogP contribution in [0.15, 0.2) is 35.7 Å². The van der Waals surface area contributed by atoms with Gasteiger partial charge in [0, 0.05) is 16.3 Å². The van der Waals surface area contributed by atoms with Crippen LogP contribution in [-0.4, -0.2) is 14.2 Å². The molecule has 0 aliphatic heterocycles. The highest BCUT2D eigenvalue weighted by atomic mass is 32.1. The van der Waals surface area contributed by atoms with Crippen molar-refractivity contribution < 1.29 is 9.47 Å². The van der Waals surface area contributed by atoms with Crippen molar-refractivity contribution in [1.82, 2.24) is 0 Å². The van der Waals surface area contributed by atoms with Gasteiger partial charge in [0.1, 0.15) is 11.5 Å². The molecule has 3 nitrogen and oxygen atoms in total. The largest absolute Gasteiger partial charge is 0.496 e. The molecule has 0 aliphatic rings. The second-order valence-corrected chi connectivity index (χ2v) is 4.95. The van der Waals surface area contributed by atoms with Crippen LogP contribution in [0.25, 0.3) is 0 Å². The van der Waals surface area contributed by atoms with Crippen LogP contribution in [0, 0.1) is 0 Å². The fourth-order valence-corrected chi connectivity index (χ4v) is 2.70. The topological polar surface area (TPSA) is 44.5 Å². The summed E-state index contributed by atoms with van der Waals surface area (Å²) in [5, 5.41) is 1.97. The van der Waals surface area contributed by atoms with Gasteiger partial charge in [-0.25, -0.2) is 0 Å². The van der Waals surface area contributed by atoms with E-state index in [0.717, 1.165) is 28.4 Å². The first-order valence-electron chi connectivity index (χ1n) is 5.74. The van der Waals surface area contributed by atoms with E-state index in [1.54, 1.807) is 25.6 Å². The number of thiophene rings is 1. The fraction of sp³-hybridized carbons (Fsp3) is 0.286. The van der Waals surface area contributed by atoms with Crippen LogP contribution >= 0.6 is 11.3 Å². The van der Waals surface area contributed by atoms with E-state index in [2.05, 4.69) is 0 Å². The van der Waals surface area contributed by atoms with Crippen molar-refractivity contribution in [2.45, 2.75) is 12.5 Å². The minimum Gasteiger partial charge on any atom is -0.496 e. The highest BCUT2D eigenvalue weighted by molar-refractivity contribution is 7.10. The highest BCUT2D eigenvalue weighted by Crippen LogP contribution is 2.29. The Bertz CT molecular complexity index is 510. The zero-order chi connectivity index (χ0) is 13.0. The molecule has 2 N–H and O–H groups in total. The molecule has 1 heterocycles. The molecule has 4 heteroatoms. The first-order chi connectivity index (χ1) is 8.74. The normalized spacial score (nSPS) is 12.2. The van der Waals surface area contributed by atoms with E-state index in [-0.39, 0.29) is 6.04 Å². The molecular formula is C14H17NO2S. The van der Waals surface area contributed by atoms with Crippen molar-refractivity contribution in [3.63, 3.8) is 0 Å². The SMILES string of the molecule is COc1csc(C(N)Cc2ccccc2OC)c1. The molecule has 0 saturated carbocycles. The van der Waals surface area contributed by atoms with Gasteiger partial charge in [0.25, 0.3) is 0 Å². The van der Waals surface area contributed by atoms with Crippen LogP contribution in [-0.2, 0) is 6.42 Å². The van der Waals surface area contributed by atoms with Gasteiger partial charge in [-0.05, 0) is 24.1 Å². The van der Waals surface area contributed by atoms with Gasteiger partial charge in [-0.15, -0.1) is 11.3 Å². The van der Waals surface area contributed by atoms with Gasteiger partial charge in [-0.1, -0.05) is 18.2 Å². The third kappa shape index (κ3) is 2.83. The summed E-state index contributed by atoms with van der Waals surface area (Å²) in [5.41, 5.74) is 7.34. The Labute approximate surface area is 111 Å². The predicted octanol–water partition coefficient (Wildman–Crippen LogP) is 3.01. The summed E-state index contributed by atoms with van der Waals surface area (Å²) in [6.45, 7) is 0. The zero-order valence-electron chi connectivity index (χ0n) is 10.6. The van der Waals surface area contributed by atoms with E-state index in [1.807, 2.05) is 35.7 Å². The summed E-state index contributed by atoms with van der Waals surface area (Å²) >= 11 is 1.62. The molecule has 0 fully saturated rings. The summed E-state index contributed by atoms with van der Waals surface area (Å²) in [7, 11) is 3.34. The molecule has 1 unspecified atom stereocenters. The molecule has 96 valence electrons. The first-order valence-corrected chi connectivity index (χ1v) is 6.62. The molecule has 1 atom stereocenters.